The first kappa shape index (κ1) is 10.8. The lowest BCUT2D eigenvalue weighted by molar-refractivity contribution is -0.770. The number of rotatable bonds is 4. The molecule has 5 nitrogen and oxygen atoms in total. The van der Waals surface area contributed by atoms with Crippen LogP contribution in [0.15, 0.2) is 0 Å². The van der Waals surface area contributed by atoms with Crippen molar-refractivity contribution in [2.45, 2.75) is 13.3 Å². The quantitative estimate of drug-likeness (QED) is 0.385. The van der Waals surface area contributed by atoms with Gasteiger partial charge in [-0.3, -0.25) is 0 Å². The third-order valence-electron chi connectivity index (χ3n) is 1.46. The minimum Gasteiger partial charge on any atom is -0.231 e. The van der Waals surface area contributed by atoms with E-state index in [4.69, 9.17) is 5.26 Å². The SMILES string of the molecule is CCC[N+](C)(C)S(=O)(=O)OO. The molecular formula is C5H14NO4S+. The van der Waals surface area contributed by atoms with Gasteiger partial charge in [-0.15, -0.1) is 8.42 Å². The summed E-state index contributed by atoms with van der Waals surface area (Å²) in [5.74, 6) is 0. The second-order valence-corrected chi connectivity index (χ2v) is 4.79. The molecule has 0 saturated heterocycles. The summed E-state index contributed by atoms with van der Waals surface area (Å²) in [6.45, 7) is 2.26. The molecule has 0 rings (SSSR count). The van der Waals surface area contributed by atoms with Crippen LogP contribution in [0.5, 0.6) is 0 Å². The monoisotopic (exact) mass is 184 g/mol. The number of hydrogen-bond donors (Lipinski definition) is 1. The Morgan fingerprint density at radius 2 is 1.91 bits per heavy atom. The van der Waals surface area contributed by atoms with Crippen molar-refractivity contribution in [3.8, 4) is 0 Å². The molecule has 0 aromatic rings. The fourth-order valence-electron chi connectivity index (χ4n) is 0.741. The third-order valence-corrected chi connectivity index (χ3v) is 3.04. The predicted octanol–water partition coefficient (Wildman–Crippen LogP) is 0.207. The first-order chi connectivity index (χ1) is 4.87. The summed E-state index contributed by atoms with van der Waals surface area (Å²) in [7, 11) is -0.960. The van der Waals surface area contributed by atoms with Gasteiger partial charge in [0.2, 0.25) is 0 Å². The molecule has 0 heterocycles. The Bertz CT molecular complexity index is 209. The number of nitrogens with zero attached hydrogens (tertiary/aromatic N) is 1. The number of quaternary nitrogens is 1. The fraction of sp³-hybridized carbons (Fsp3) is 1.00. The molecule has 0 fully saturated rings. The van der Waals surface area contributed by atoms with E-state index in [2.05, 4.69) is 4.33 Å². The Kier molecular flexibility index (Phi) is 3.43. The van der Waals surface area contributed by atoms with Crippen molar-refractivity contribution in [1.29, 1.82) is 0 Å². The highest BCUT2D eigenvalue weighted by Crippen LogP contribution is 2.09. The highest BCUT2D eigenvalue weighted by Gasteiger charge is 2.33. The molecular weight excluding hydrogens is 170 g/mol. The van der Waals surface area contributed by atoms with Gasteiger partial charge >= 0.3 is 10.3 Å². The molecule has 11 heavy (non-hydrogen) atoms. The maximum absolute atomic E-state index is 10.9. The Morgan fingerprint density at radius 1 is 1.45 bits per heavy atom. The van der Waals surface area contributed by atoms with Gasteiger partial charge in [-0.05, 0) is 6.42 Å². The van der Waals surface area contributed by atoms with E-state index in [0.29, 0.717) is 13.0 Å². The lowest BCUT2D eigenvalue weighted by atomic mass is 10.5. The Morgan fingerprint density at radius 3 is 2.18 bits per heavy atom. The van der Waals surface area contributed by atoms with Crippen molar-refractivity contribution in [2.75, 3.05) is 20.6 Å². The zero-order chi connectivity index (χ0) is 9.12. The fourth-order valence-corrected chi connectivity index (χ4v) is 1.33. The topological polar surface area (TPSA) is 63.6 Å². The van der Waals surface area contributed by atoms with Gasteiger partial charge in [0.1, 0.15) is 0 Å². The van der Waals surface area contributed by atoms with Crippen LogP contribution in [-0.2, 0) is 14.6 Å². The van der Waals surface area contributed by atoms with E-state index in [0.717, 1.165) is 0 Å². The lowest BCUT2D eigenvalue weighted by Gasteiger charge is -2.24. The van der Waals surface area contributed by atoms with E-state index in [9.17, 15) is 8.42 Å². The molecule has 0 bridgehead atoms. The van der Waals surface area contributed by atoms with Gasteiger partial charge in [0.15, 0.2) is 0 Å². The summed E-state index contributed by atoms with van der Waals surface area (Å²) in [5.41, 5.74) is 0. The molecule has 0 spiro atoms. The minimum atomic E-state index is -3.87. The first-order valence-corrected chi connectivity index (χ1v) is 4.65. The van der Waals surface area contributed by atoms with Crippen molar-refractivity contribution >= 4 is 10.3 Å². The third kappa shape index (κ3) is 2.41. The van der Waals surface area contributed by atoms with Crippen molar-refractivity contribution in [2.24, 2.45) is 0 Å². The molecule has 0 aromatic carbocycles. The molecule has 0 atom stereocenters. The highest BCUT2D eigenvalue weighted by molar-refractivity contribution is 7.80. The molecule has 6 heteroatoms. The van der Waals surface area contributed by atoms with Crippen molar-refractivity contribution in [3.63, 3.8) is 0 Å². The van der Waals surface area contributed by atoms with E-state index in [1.54, 1.807) is 0 Å². The van der Waals surface area contributed by atoms with E-state index < -0.39 is 10.3 Å². The standard InChI is InChI=1S/C5H13NO4S/c1-4-5-6(2,3)11(8,9)10-7/h4-5H2,1-3H3/p+1. The molecule has 0 radical (unpaired) electrons. The van der Waals surface area contributed by atoms with Crippen LogP contribution in [-0.4, -0.2) is 38.2 Å². The lowest BCUT2D eigenvalue weighted by Crippen LogP contribution is -2.46. The summed E-state index contributed by atoms with van der Waals surface area (Å²) in [6, 6.07) is 0. The van der Waals surface area contributed by atoms with E-state index in [1.807, 2.05) is 6.92 Å². The van der Waals surface area contributed by atoms with Gasteiger partial charge in [0.25, 0.3) is 0 Å². The van der Waals surface area contributed by atoms with Crippen LogP contribution in [0, 0.1) is 0 Å². The van der Waals surface area contributed by atoms with Crippen LogP contribution >= 0.6 is 0 Å². The normalized spacial score (nSPS) is 13.5. The Hall–Kier alpha value is -0.170. The number of hydrogen-bond acceptors (Lipinski definition) is 4. The molecule has 0 aliphatic heterocycles. The molecule has 68 valence electrons. The van der Waals surface area contributed by atoms with Crippen LogP contribution in [0.3, 0.4) is 0 Å². The molecule has 0 aliphatic carbocycles. The van der Waals surface area contributed by atoms with Crippen LogP contribution in [0.25, 0.3) is 0 Å². The van der Waals surface area contributed by atoms with Crippen LogP contribution in [0.1, 0.15) is 13.3 Å². The van der Waals surface area contributed by atoms with Gasteiger partial charge in [-0.25, -0.2) is 5.26 Å². The largest absolute Gasteiger partial charge is 0.461 e. The average Bonchev–Trinajstić information content (AvgIpc) is 1.87. The van der Waals surface area contributed by atoms with Gasteiger partial charge in [0, 0.05) is 0 Å². The molecule has 0 saturated carbocycles. The average molecular weight is 184 g/mol. The maximum atomic E-state index is 10.9. The van der Waals surface area contributed by atoms with Gasteiger partial charge < -0.3 is 0 Å². The molecule has 0 amide bonds. The Labute approximate surface area is 67.0 Å². The molecule has 0 aromatic heterocycles. The van der Waals surface area contributed by atoms with Crippen LogP contribution in [0.2, 0.25) is 0 Å². The molecule has 0 aliphatic rings. The summed E-state index contributed by atoms with van der Waals surface area (Å²) in [5, 5.41) is 8.05. The van der Waals surface area contributed by atoms with E-state index >= 15 is 0 Å². The van der Waals surface area contributed by atoms with Gasteiger partial charge in [0.05, 0.1) is 20.6 Å². The second-order valence-electron chi connectivity index (χ2n) is 2.80. The Balaban J connectivity index is 4.55. The smallest absolute Gasteiger partial charge is 0.231 e. The van der Waals surface area contributed by atoms with E-state index in [1.165, 1.54) is 14.1 Å². The second kappa shape index (κ2) is 3.48. The summed E-state index contributed by atoms with van der Waals surface area (Å²) < 4.78 is 24.9. The zero-order valence-electron chi connectivity index (χ0n) is 6.94. The summed E-state index contributed by atoms with van der Waals surface area (Å²) in [4.78, 5) is 0. The van der Waals surface area contributed by atoms with Crippen LogP contribution in [0.4, 0.5) is 0 Å². The molecule has 1 N–H and O–H groups in total. The van der Waals surface area contributed by atoms with Crippen molar-refractivity contribution in [1.82, 2.24) is 0 Å². The van der Waals surface area contributed by atoms with Gasteiger partial charge in [-0.1, -0.05) is 11.3 Å². The van der Waals surface area contributed by atoms with E-state index in [-0.39, 0.29) is 3.89 Å². The van der Waals surface area contributed by atoms with Gasteiger partial charge in [-0.2, -0.15) is 3.89 Å². The van der Waals surface area contributed by atoms with Crippen molar-refractivity contribution in [3.05, 3.63) is 0 Å². The summed E-state index contributed by atoms with van der Waals surface area (Å²) in [6.07, 6.45) is 0.704. The first-order valence-electron chi connectivity index (χ1n) is 3.28. The predicted molar refractivity (Wildman–Crippen MR) is 39.9 cm³/mol. The highest BCUT2D eigenvalue weighted by atomic mass is 32.2. The maximum Gasteiger partial charge on any atom is 0.461 e. The summed E-state index contributed by atoms with van der Waals surface area (Å²) >= 11 is 0. The molecule has 0 unspecified atom stereocenters. The minimum absolute atomic E-state index is 0.361. The van der Waals surface area contributed by atoms with Crippen LogP contribution < -0.4 is 0 Å². The zero-order valence-corrected chi connectivity index (χ0v) is 7.76. The van der Waals surface area contributed by atoms with Crippen molar-refractivity contribution < 1.29 is 21.9 Å².